The summed E-state index contributed by atoms with van der Waals surface area (Å²) in [6.07, 6.45) is 2.34. The zero-order chi connectivity index (χ0) is 102. The average molecular weight is 1990 g/mol. The fourth-order valence-corrected chi connectivity index (χ4v) is 16.6. The number of benzene rings is 8. The Kier molecular flexibility index (Phi) is 40.6. The number of rotatable bonds is 30. The molecule has 30 nitrogen and oxygen atoms in total. The summed E-state index contributed by atoms with van der Waals surface area (Å²) in [6.45, 7) is 20.3. The van der Waals surface area contributed by atoms with Crippen LogP contribution in [0.25, 0.3) is 50.6 Å². The number of aromatic hydroxyl groups is 2. The van der Waals surface area contributed by atoms with Crippen LogP contribution in [0.5, 0.6) is 23.0 Å². The van der Waals surface area contributed by atoms with Crippen molar-refractivity contribution in [2.45, 2.75) is 222 Å². The Morgan fingerprint density at radius 2 is 0.908 bits per heavy atom. The zero-order valence-electron chi connectivity index (χ0n) is 81.1. The van der Waals surface area contributed by atoms with Crippen LogP contribution in [-0.4, -0.2) is 174 Å². The number of nitrogens with two attached hydrogens (primary N) is 1. The molecule has 2 aliphatic rings. The summed E-state index contributed by atoms with van der Waals surface area (Å²) in [4.78, 5) is 196. The summed E-state index contributed by atoms with van der Waals surface area (Å²) >= 11 is 12.2. The first kappa shape index (κ1) is 113. The number of carbonyl (C=O) groups excluding carboxylic acids is 13. The summed E-state index contributed by atoms with van der Waals surface area (Å²) in [5, 5.41) is 48.5. The van der Waals surface area contributed by atoms with Gasteiger partial charge >= 0.3 is 24.4 Å². The lowest BCUT2D eigenvalue weighted by Gasteiger charge is -2.32. The van der Waals surface area contributed by atoms with Crippen LogP contribution >= 0.6 is 23.2 Å². The summed E-state index contributed by atoms with van der Waals surface area (Å²) in [5.41, 5.74) is 9.87. The van der Waals surface area contributed by atoms with E-state index in [4.69, 9.17) is 52.6 Å². The number of hydrogen-bond donors (Lipinski definition) is 8. The van der Waals surface area contributed by atoms with E-state index >= 15 is 4.79 Å². The SMILES string of the molecule is C.C.C[C@@H]1CC(=O)[C@@H](N(C)C(=O)[C@H](CCCCNC(=O)OC(C)(C)C)CC(=O)c2ccc(-c3ccc(Cl)cc3)cc2)c2ccc(OC(=O)OC(C)(C)C)c(c2)-c2cc(ccc2OC(=O)OC(C)(C)C)C[C@@H](C(=O)O)NC1=O.C[C@H](CC(=O)[C@@H]1Cc2ccc(O)c(c2)-c2cc(ccc2O)[C@H](N(C)C(=O)[C@H](CCCCN)CC(=O)c2ccc(-c3ccc(Cl)cc3)cc2)C(=O)C[C@@H](C)C(=O)N1)C(=O)/C=C/c1ccn[nH]1. The summed E-state index contributed by atoms with van der Waals surface area (Å²) < 4.78 is 27.9. The minimum atomic E-state index is -1.49. The molecule has 0 saturated heterocycles. The number of ether oxygens (including phenoxy) is 5. The van der Waals surface area contributed by atoms with Gasteiger partial charge in [-0.1, -0.05) is 169 Å². The topological polar surface area (TPSA) is 443 Å². The molecule has 3 heterocycles. The minimum Gasteiger partial charge on any atom is -0.507 e. The van der Waals surface area contributed by atoms with Gasteiger partial charge in [-0.05, 0) is 236 Å². The molecule has 0 fully saturated rings. The van der Waals surface area contributed by atoms with Gasteiger partial charge in [0, 0.05) is 138 Å². The second-order valence-corrected chi connectivity index (χ2v) is 39.3. The number of aromatic nitrogens is 2. The van der Waals surface area contributed by atoms with Crippen molar-refractivity contribution in [2.24, 2.45) is 35.3 Å². The molecule has 11 rings (SSSR count). The number of halogens is 2. The van der Waals surface area contributed by atoms with Gasteiger partial charge in [-0.3, -0.25) is 53.0 Å². The lowest BCUT2D eigenvalue weighted by atomic mass is 9.87. The number of fused-ring (bicyclic) bond motifs is 10. The van der Waals surface area contributed by atoms with E-state index in [0.717, 1.165) is 22.3 Å². The number of carboxylic acids is 1. The number of likely N-dealkylation sites (N-methyl/N-ethyl adjacent to an activating group) is 2. The first-order valence-electron chi connectivity index (χ1n) is 46.5. The first-order valence-corrected chi connectivity index (χ1v) is 47.2. The number of aliphatic carboxylic acids is 1. The number of ketones is 6. The van der Waals surface area contributed by atoms with Crippen molar-refractivity contribution >= 4 is 112 Å². The number of amides is 5. The predicted molar refractivity (Wildman–Crippen MR) is 543 cm³/mol. The molecule has 0 spiro atoms. The Morgan fingerprint density at radius 3 is 1.36 bits per heavy atom. The highest BCUT2D eigenvalue weighted by atomic mass is 35.5. The molecular formula is C110H130Cl2N8O22. The van der Waals surface area contributed by atoms with Gasteiger partial charge in [0.1, 0.15) is 57.9 Å². The maximum absolute atomic E-state index is 15.2. The van der Waals surface area contributed by atoms with Crippen molar-refractivity contribution in [3.8, 4) is 67.5 Å². The Labute approximate surface area is 838 Å². The average Bonchev–Trinajstić information content (AvgIpc) is 1.02. The third-order valence-electron chi connectivity index (χ3n) is 23.6. The Balaban J connectivity index is 0.000000346. The number of carbonyl (C=O) groups is 14. The van der Waals surface area contributed by atoms with Gasteiger partial charge in [0.15, 0.2) is 34.7 Å². The van der Waals surface area contributed by atoms with Gasteiger partial charge in [0.25, 0.3) is 0 Å². The lowest BCUT2D eigenvalue weighted by molar-refractivity contribution is -0.144. The van der Waals surface area contributed by atoms with Crippen LogP contribution in [0.15, 0.2) is 188 Å². The fourth-order valence-electron chi connectivity index (χ4n) is 16.3. The number of phenols is 2. The number of allylic oxidation sites excluding steroid dienone is 1. The molecule has 2 aliphatic heterocycles. The largest absolute Gasteiger partial charge is 0.514 e. The van der Waals surface area contributed by atoms with E-state index < -0.39 is 142 Å². The molecule has 8 aromatic carbocycles. The number of unbranched alkanes of at least 4 members (excludes halogenated alkanes) is 2. The normalized spacial score (nSPS) is 16.7. The Bertz CT molecular complexity index is 6040. The second kappa shape index (κ2) is 50.9. The number of carboxylic acid groups (broad SMARTS) is 1. The van der Waals surface area contributed by atoms with Crippen LogP contribution in [0.3, 0.4) is 0 Å². The smallest absolute Gasteiger partial charge is 0.507 e. The van der Waals surface area contributed by atoms with E-state index in [2.05, 4.69) is 26.1 Å². The van der Waals surface area contributed by atoms with E-state index in [1.54, 1.807) is 167 Å². The Morgan fingerprint density at radius 1 is 0.507 bits per heavy atom. The molecule has 8 bridgehead atoms. The highest BCUT2D eigenvalue weighted by Gasteiger charge is 2.41. The molecule has 5 amide bonds. The molecule has 1 aromatic heterocycles. The van der Waals surface area contributed by atoms with Gasteiger partial charge in [-0.2, -0.15) is 5.10 Å². The number of Topliss-reactive ketones (excluding diaryl/α,β-unsaturated/α-hetero) is 5. The number of hydrogen-bond acceptors (Lipinski definition) is 23. The third-order valence-corrected chi connectivity index (χ3v) is 24.1. The second-order valence-electron chi connectivity index (χ2n) is 38.4. The lowest BCUT2D eigenvalue weighted by Crippen LogP contribution is -2.46. The van der Waals surface area contributed by atoms with E-state index in [1.165, 1.54) is 97.6 Å². The van der Waals surface area contributed by atoms with Crippen LogP contribution in [-0.2, 0) is 70.2 Å². The van der Waals surface area contributed by atoms with Crippen molar-refractivity contribution in [1.82, 2.24) is 35.9 Å². The number of nitrogens with one attached hydrogen (secondary N) is 4. The molecule has 756 valence electrons. The molecular weight excluding hydrogens is 1860 g/mol. The number of phenolic OH excluding ortho intramolecular Hbond substituents is 2. The number of alkyl carbamates (subject to hydrolysis) is 1. The van der Waals surface area contributed by atoms with Crippen molar-refractivity contribution in [3.63, 3.8) is 0 Å². The Hall–Kier alpha value is -14.0. The van der Waals surface area contributed by atoms with E-state index in [9.17, 15) is 77.6 Å². The van der Waals surface area contributed by atoms with Crippen molar-refractivity contribution in [3.05, 3.63) is 237 Å². The summed E-state index contributed by atoms with van der Waals surface area (Å²) in [7, 11) is 2.89. The third kappa shape index (κ3) is 32.5. The highest BCUT2D eigenvalue weighted by molar-refractivity contribution is 6.31. The van der Waals surface area contributed by atoms with E-state index in [0.29, 0.717) is 82.2 Å². The van der Waals surface area contributed by atoms with Gasteiger partial charge in [0.05, 0.1) is 11.7 Å². The van der Waals surface area contributed by atoms with Crippen LogP contribution in [0.4, 0.5) is 14.4 Å². The predicted octanol–water partition coefficient (Wildman–Crippen LogP) is 20.2. The van der Waals surface area contributed by atoms with Gasteiger partial charge in [0.2, 0.25) is 23.6 Å². The molecule has 142 heavy (non-hydrogen) atoms. The number of aromatic amines is 1. The van der Waals surface area contributed by atoms with Crippen LogP contribution in [0, 0.1) is 29.6 Å². The van der Waals surface area contributed by atoms with Gasteiger partial charge in [-0.25, -0.2) is 19.2 Å². The standard InChI is InChI=1S/C57H68ClN3O14.C51H54ClN5O8.2CH4/c1-33-28-45(63)48(61(11)50(65)39(14-12-13-27-59-52(68)73-55(2,3)4)32-44(62)37-18-16-35(17-19-37)36-20-23-40(58)24-21-36)38-22-26-47(72-54(70)75-57(8,9)10)42(31-38)41-29-34(30-43(51(66)67)60-49(33)64)15-25-46(41)71-53(69)74-56(5,6)7;1-30(43(58)20-17-39-21-23-54-56-39)24-47(62)42-27-32-7-18-44(59)40(26-32)41-28-36(14-19-45(41)60)49(48(63)25-31(2)50(64)55-42)57(3)51(65)37(6-4-5-22-53)29-46(61)35-10-8-33(9-11-35)34-12-15-38(52)16-13-34;;/h15-26,29,31,33,39,43,48H,12-14,27-28,30,32H2,1-11H3,(H,59,68)(H,60,64)(H,66,67);7-21,23,26,28,30-31,37,42,49,59-60H,4-6,22,24-25,27,29,53H2,1-3H3,(H,54,56)(H,55,64);2*1H4/b;20-17+;;/t33-,39-,43+,48+;30-,31-,37-,42+,49+;;/m11../s1. The molecule has 0 saturated carbocycles. The van der Waals surface area contributed by atoms with Gasteiger partial charge < -0.3 is 70.5 Å². The van der Waals surface area contributed by atoms with Crippen molar-refractivity contribution in [2.75, 3.05) is 27.2 Å². The van der Waals surface area contributed by atoms with Crippen molar-refractivity contribution < 1.29 is 106 Å². The first-order chi connectivity index (χ1) is 66.1. The molecule has 0 aliphatic carbocycles. The van der Waals surface area contributed by atoms with Gasteiger partial charge in [-0.15, -0.1) is 0 Å². The fraction of sp³-hybridized carbons (Fsp3) is 0.391. The monoisotopic (exact) mass is 1980 g/mol. The van der Waals surface area contributed by atoms with E-state index in [1.807, 2.05) is 36.4 Å². The zero-order valence-corrected chi connectivity index (χ0v) is 82.6. The minimum absolute atomic E-state index is 0. The molecule has 9 atom stereocenters. The maximum Gasteiger partial charge on any atom is 0.514 e. The maximum atomic E-state index is 15.2. The summed E-state index contributed by atoms with van der Waals surface area (Å²) in [6, 6.07) is 42.6. The number of nitrogens with zero attached hydrogens (tertiary/aromatic N) is 3. The van der Waals surface area contributed by atoms with Crippen LogP contribution in [0.2, 0.25) is 10.0 Å². The molecule has 9 aromatic rings. The van der Waals surface area contributed by atoms with E-state index in [-0.39, 0.29) is 135 Å². The summed E-state index contributed by atoms with van der Waals surface area (Å²) in [5.74, 6) is -11.6. The van der Waals surface area contributed by atoms with Crippen LogP contribution in [0.1, 0.15) is 229 Å². The number of H-pyrrole nitrogens is 1. The molecule has 0 unspecified atom stereocenters. The molecule has 0 radical (unpaired) electrons. The molecule has 9 N–H and O–H groups in total. The molecule has 32 heteroatoms. The van der Waals surface area contributed by atoms with Crippen LogP contribution < -0.4 is 31.2 Å². The van der Waals surface area contributed by atoms with Crippen molar-refractivity contribution in [1.29, 1.82) is 0 Å². The quantitative estimate of drug-likeness (QED) is 0.00517. The highest BCUT2D eigenvalue weighted by Crippen LogP contribution is 2.44.